The van der Waals surface area contributed by atoms with Crippen LogP contribution < -0.4 is 21.5 Å². The van der Waals surface area contributed by atoms with Gasteiger partial charge < -0.3 is 10.6 Å². The van der Waals surface area contributed by atoms with Gasteiger partial charge in [0, 0.05) is 5.69 Å². The van der Waals surface area contributed by atoms with Crippen LogP contribution in [0.5, 0.6) is 0 Å². The summed E-state index contributed by atoms with van der Waals surface area (Å²) < 4.78 is 0. The van der Waals surface area contributed by atoms with Crippen LogP contribution in [0, 0.1) is 13.8 Å². The fourth-order valence-electron chi connectivity index (χ4n) is 3.43. The molecule has 1 unspecified atom stereocenters. The molecule has 0 aromatic heterocycles. The Morgan fingerprint density at radius 2 is 1.53 bits per heavy atom. The van der Waals surface area contributed by atoms with Gasteiger partial charge in [-0.05, 0) is 43.2 Å². The number of hydrogen-bond acceptors (Lipinski definition) is 4. The molecule has 3 aromatic rings. The molecule has 0 bridgehead atoms. The molecular weight excluding hydrogens is 452 g/mol. The minimum absolute atomic E-state index is 0.00443. The van der Waals surface area contributed by atoms with Gasteiger partial charge in [-0.3, -0.25) is 25.2 Å². The zero-order valence-electron chi connectivity index (χ0n) is 19.0. The quantitative estimate of drug-likeness (QED) is 0.366. The van der Waals surface area contributed by atoms with Crippen LogP contribution in [0.25, 0.3) is 0 Å². The van der Waals surface area contributed by atoms with E-state index in [0.717, 1.165) is 22.4 Å². The fourth-order valence-corrected chi connectivity index (χ4v) is 3.65. The van der Waals surface area contributed by atoms with E-state index >= 15 is 0 Å². The summed E-state index contributed by atoms with van der Waals surface area (Å²) in [4.78, 5) is 37.5. The molecule has 0 aliphatic rings. The number of anilines is 1. The summed E-state index contributed by atoms with van der Waals surface area (Å²) in [5.74, 6) is -1.24. The van der Waals surface area contributed by atoms with Crippen molar-refractivity contribution in [1.29, 1.82) is 0 Å². The maximum atomic E-state index is 12.8. The molecule has 3 amide bonds. The van der Waals surface area contributed by atoms with Crippen molar-refractivity contribution in [2.24, 2.45) is 0 Å². The topological polar surface area (TPSA) is 99.3 Å². The Kier molecular flexibility index (Phi) is 8.65. The third kappa shape index (κ3) is 7.08. The molecule has 7 nitrogen and oxygen atoms in total. The van der Waals surface area contributed by atoms with Crippen molar-refractivity contribution < 1.29 is 14.4 Å². The van der Waals surface area contributed by atoms with Crippen LogP contribution >= 0.6 is 11.6 Å². The number of amides is 3. The Labute approximate surface area is 203 Å². The van der Waals surface area contributed by atoms with E-state index in [1.165, 1.54) is 0 Å². The number of benzene rings is 3. The van der Waals surface area contributed by atoms with E-state index in [2.05, 4.69) is 21.5 Å². The first-order valence-corrected chi connectivity index (χ1v) is 11.2. The molecule has 176 valence electrons. The standard InChI is InChI=1S/C26H27ClN4O3/c1-17-12-13-22(18(2)14-17)28-16-25(33)31-30-24(32)15-23(19-8-4-3-5-9-19)29-26(34)20-10-6-7-11-21(20)27/h3-14,23,28H,15-16H2,1-2H3,(H,29,34)(H,30,32)(H,31,33). The van der Waals surface area contributed by atoms with Gasteiger partial charge in [0.05, 0.1) is 29.6 Å². The molecule has 3 rings (SSSR count). The van der Waals surface area contributed by atoms with Crippen LogP contribution in [0.15, 0.2) is 72.8 Å². The number of aryl methyl sites for hydroxylation is 2. The Hall–Kier alpha value is -3.84. The van der Waals surface area contributed by atoms with Crippen molar-refractivity contribution in [2.75, 3.05) is 11.9 Å². The molecule has 8 heteroatoms. The Bertz CT molecular complexity index is 1170. The first-order valence-electron chi connectivity index (χ1n) is 10.8. The minimum Gasteiger partial charge on any atom is -0.376 e. The molecule has 0 aliphatic carbocycles. The second kappa shape index (κ2) is 11.9. The highest BCUT2D eigenvalue weighted by molar-refractivity contribution is 6.33. The molecule has 0 saturated heterocycles. The monoisotopic (exact) mass is 478 g/mol. The highest BCUT2D eigenvalue weighted by Gasteiger charge is 2.20. The van der Waals surface area contributed by atoms with Crippen molar-refractivity contribution in [3.63, 3.8) is 0 Å². The summed E-state index contributed by atoms with van der Waals surface area (Å²) in [5, 5.41) is 6.22. The van der Waals surface area contributed by atoms with E-state index in [1.54, 1.807) is 24.3 Å². The van der Waals surface area contributed by atoms with Crippen molar-refractivity contribution in [3.05, 3.63) is 100 Å². The molecule has 4 N–H and O–H groups in total. The van der Waals surface area contributed by atoms with Gasteiger partial charge in [-0.1, -0.05) is 71.8 Å². The van der Waals surface area contributed by atoms with Crippen LogP contribution in [0.2, 0.25) is 5.02 Å². The van der Waals surface area contributed by atoms with Crippen molar-refractivity contribution in [2.45, 2.75) is 26.3 Å². The molecule has 0 spiro atoms. The maximum absolute atomic E-state index is 12.8. The predicted octanol–water partition coefficient (Wildman–Crippen LogP) is 4.08. The number of carbonyl (C=O) groups is 3. The van der Waals surface area contributed by atoms with Gasteiger partial charge in [-0.15, -0.1) is 0 Å². The zero-order valence-corrected chi connectivity index (χ0v) is 19.8. The summed E-state index contributed by atoms with van der Waals surface area (Å²) in [5.41, 5.74) is 8.88. The van der Waals surface area contributed by atoms with Gasteiger partial charge >= 0.3 is 0 Å². The van der Waals surface area contributed by atoms with Gasteiger partial charge in [-0.2, -0.15) is 0 Å². The summed E-state index contributed by atoms with van der Waals surface area (Å²) in [7, 11) is 0. The Balaban J connectivity index is 1.57. The van der Waals surface area contributed by atoms with Crippen molar-refractivity contribution >= 4 is 35.0 Å². The lowest BCUT2D eigenvalue weighted by Crippen LogP contribution is -2.45. The third-order valence-corrected chi connectivity index (χ3v) is 5.51. The molecule has 34 heavy (non-hydrogen) atoms. The number of hydrogen-bond donors (Lipinski definition) is 4. The highest BCUT2D eigenvalue weighted by Crippen LogP contribution is 2.20. The summed E-state index contributed by atoms with van der Waals surface area (Å²) in [6, 6.07) is 21.1. The molecule has 0 heterocycles. The molecule has 1 atom stereocenters. The molecule has 0 fully saturated rings. The van der Waals surface area contributed by atoms with Crippen LogP contribution in [0.1, 0.15) is 39.5 Å². The minimum atomic E-state index is -0.616. The van der Waals surface area contributed by atoms with Gasteiger partial charge in [0.15, 0.2) is 0 Å². The second-order valence-electron chi connectivity index (χ2n) is 7.89. The van der Waals surface area contributed by atoms with E-state index in [9.17, 15) is 14.4 Å². The number of rotatable bonds is 8. The maximum Gasteiger partial charge on any atom is 0.257 e. The van der Waals surface area contributed by atoms with Gasteiger partial charge in [0.2, 0.25) is 5.91 Å². The van der Waals surface area contributed by atoms with E-state index in [4.69, 9.17) is 11.6 Å². The van der Waals surface area contributed by atoms with Crippen LogP contribution in [0.4, 0.5) is 5.69 Å². The van der Waals surface area contributed by atoms with E-state index in [1.807, 2.05) is 62.4 Å². The lowest BCUT2D eigenvalue weighted by atomic mass is 10.0. The number of halogens is 1. The number of carbonyl (C=O) groups excluding carboxylic acids is 3. The van der Waals surface area contributed by atoms with Gasteiger partial charge in [0.25, 0.3) is 11.8 Å². The molecular formula is C26H27ClN4O3. The summed E-state index contributed by atoms with van der Waals surface area (Å²) in [6.45, 7) is 3.95. The van der Waals surface area contributed by atoms with Gasteiger partial charge in [0.1, 0.15) is 0 Å². The third-order valence-electron chi connectivity index (χ3n) is 5.18. The molecule has 0 saturated carbocycles. The van der Waals surface area contributed by atoms with Crippen LogP contribution in [-0.2, 0) is 9.59 Å². The van der Waals surface area contributed by atoms with Crippen LogP contribution in [-0.4, -0.2) is 24.3 Å². The smallest absolute Gasteiger partial charge is 0.257 e. The van der Waals surface area contributed by atoms with E-state index in [0.29, 0.717) is 10.6 Å². The Morgan fingerprint density at radius 1 is 0.853 bits per heavy atom. The van der Waals surface area contributed by atoms with E-state index in [-0.39, 0.29) is 13.0 Å². The summed E-state index contributed by atoms with van der Waals surface area (Å²) in [6.07, 6.45) is -0.0784. The average molecular weight is 479 g/mol. The molecule has 3 aromatic carbocycles. The Morgan fingerprint density at radius 3 is 2.24 bits per heavy atom. The lowest BCUT2D eigenvalue weighted by molar-refractivity contribution is -0.128. The lowest BCUT2D eigenvalue weighted by Gasteiger charge is -2.19. The van der Waals surface area contributed by atoms with Crippen molar-refractivity contribution in [1.82, 2.24) is 16.2 Å². The largest absolute Gasteiger partial charge is 0.376 e. The fraction of sp³-hybridized carbons (Fsp3) is 0.192. The van der Waals surface area contributed by atoms with Crippen molar-refractivity contribution in [3.8, 4) is 0 Å². The first-order chi connectivity index (χ1) is 16.3. The predicted molar refractivity (Wildman–Crippen MR) is 133 cm³/mol. The van der Waals surface area contributed by atoms with Crippen LogP contribution in [0.3, 0.4) is 0 Å². The summed E-state index contributed by atoms with van der Waals surface area (Å²) >= 11 is 6.14. The number of nitrogens with one attached hydrogen (secondary N) is 4. The van der Waals surface area contributed by atoms with E-state index < -0.39 is 23.8 Å². The number of hydrazine groups is 1. The normalized spacial score (nSPS) is 11.3. The molecule has 0 radical (unpaired) electrons. The zero-order chi connectivity index (χ0) is 24.5. The SMILES string of the molecule is Cc1ccc(NCC(=O)NNC(=O)CC(NC(=O)c2ccccc2Cl)c2ccccc2)c(C)c1. The highest BCUT2D eigenvalue weighted by atomic mass is 35.5. The first kappa shape index (κ1) is 24.8. The molecule has 0 aliphatic heterocycles. The second-order valence-corrected chi connectivity index (χ2v) is 8.30. The average Bonchev–Trinajstić information content (AvgIpc) is 2.82. The van der Waals surface area contributed by atoms with Gasteiger partial charge in [-0.25, -0.2) is 0 Å².